The molecule has 0 aliphatic heterocycles. The van der Waals surface area contributed by atoms with E-state index in [0.717, 1.165) is 6.07 Å². The lowest BCUT2D eigenvalue weighted by molar-refractivity contribution is -0.383. The summed E-state index contributed by atoms with van der Waals surface area (Å²) in [5.41, 5.74) is 5.29. The van der Waals surface area contributed by atoms with Crippen LogP contribution >= 0.6 is 11.6 Å². The molecule has 0 fully saturated rings. The van der Waals surface area contributed by atoms with Crippen molar-refractivity contribution in [3.05, 3.63) is 33.9 Å². The second-order valence-corrected chi connectivity index (χ2v) is 2.85. The van der Waals surface area contributed by atoms with Crippen LogP contribution in [-0.4, -0.2) is 16.6 Å². The van der Waals surface area contributed by atoms with Gasteiger partial charge in [-0.25, -0.2) is 0 Å². The molecule has 1 aromatic carbocycles. The predicted molar refractivity (Wildman–Crippen MR) is 52.6 cm³/mol. The number of nitro groups is 1. The highest BCUT2D eigenvalue weighted by atomic mass is 35.5. The van der Waals surface area contributed by atoms with Crippen LogP contribution in [0.1, 0.15) is 10.4 Å². The maximum atomic E-state index is 11.1. The molecule has 0 aromatic heterocycles. The van der Waals surface area contributed by atoms with Gasteiger partial charge in [-0.15, -0.1) is 11.6 Å². The van der Waals surface area contributed by atoms with E-state index >= 15 is 0 Å². The van der Waals surface area contributed by atoms with Crippen molar-refractivity contribution in [3.63, 3.8) is 0 Å². The van der Waals surface area contributed by atoms with Gasteiger partial charge in [-0.05, 0) is 12.1 Å². The van der Waals surface area contributed by atoms with Crippen LogP contribution in [0.25, 0.3) is 0 Å². The van der Waals surface area contributed by atoms with Gasteiger partial charge in [-0.3, -0.25) is 14.9 Å². The molecule has 0 bridgehead atoms. The molecule has 0 saturated carbocycles. The molecule has 1 aromatic rings. The van der Waals surface area contributed by atoms with Crippen LogP contribution < -0.4 is 5.73 Å². The molecule has 1 rings (SSSR count). The summed E-state index contributed by atoms with van der Waals surface area (Å²) in [5, 5.41) is 10.5. The zero-order valence-electron chi connectivity index (χ0n) is 7.07. The Kier molecular flexibility index (Phi) is 3.03. The van der Waals surface area contributed by atoms with E-state index in [1.54, 1.807) is 0 Å². The number of rotatable bonds is 3. The van der Waals surface area contributed by atoms with Crippen molar-refractivity contribution in [2.24, 2.45) is 0 Å². The largest absolute Gasteiger partial charge is 0.393 e. The van der Waals surface area contributed by atoms with E-state index in [1.807, 2.05) is 0 Å². The van der Waals surface area contributed by atoms with Crippen molar-refractivity contribution in [1.29, 1.82) is 0 Å². The number of anilines is 1. The summed E-state index contributed by atoms with van der Waals surface area (Å²) in [6, 6.07) is 3.85. The second-order valence-electron chi connectivity index (χ2n) is 2.59. The SMILES string of the molecule is Nc1ccc(C(=O)CCl)cc1[N+](=O)[O-]. The van der Waals surface area contributed by atoms with Crippen LogP contribution in [-0.2, 0) is 0 Å². The maximum absolute atomic E-state index is 11.1. The Labute approximate surface area is 84.6 Å². The molecular weight excluding hydrogens is 208 g/mol. The van der Waals surface area contributed by atoms with Crippen LogP contribution in [0.2, 0.25) is 0 Å². The Hall–Kier alpha value is -1.62. The van der Waals surface area contributed by atoms with Gasteiger partial charge in [0.05, 0.1) is 10.8 Å². The van der Waals surface area contributed by atoms with Gasteiger partial charge in [-0.2, -0.15) is 0 Å². The monoisotopic (exact) mass is 214 g/mol. The Bertz CT molecular complexity index is 392. The molecule has 74 valence electrons. The van der Waals surface area contributed by atoms with Crippen LogP contribution in [0, 0.1) is 10.1 Å². The van der Waals surface area contributed by atoms with Crippen molar-refractivity contribution in [3.8, 4) is 0 Å². The number of halogens is 1. The van der Waals surface area contributed by atoms with Gasteiger partial charge in [0.1, 0.15) is 5.69 Å². The number of ketones is 1. The lowest BCUT2D eigenvalue weighted by Crippen LogP contribution is -2.03. The second kappa shape index (κ2) is 4.06. The van der Waals surface area contributed by atoms with Crippen LogP contribution in [0.5, 0.6) is 0 Å². The lowest BCUT2D eigenvalue weighted by atomic mass is 10.1. The molecule has 0 unspecified atom stereocenters. The Balaban J connectivity index is 3.19. The molecule has 5 nitrogen and oxygen atoms in total. The van der Waals surface area contributed by atoms with Gasteiger partial charge in [-0.1, -0.05) is 0 Å². The standard InChI is InChI=1S/C8H7ClN2O3/c9-4-8(12)5-1-2-6(10)7(3-5)11(13)14/h1-3H,4,10H2. The van der Waals surface area contributed by atoms with Crippen LogP contribution in [0.4, 0.5) is 11.4 Å². The van der Waals surface area contributed by atoms with Gasteiger partial charge in [0.2, 0.25) is 0 Å². The molecule has 0 radical (unpaired) electrons. The number of nitrogen functional groups attached to an aromatic ring is 1. The molecule has 0 heterocycles. The number of carbonyl (C=O) groups excluding carboxylic acids is 1. The Morgan fingerprint density at radius 1 is 1.57 bits per heavy atom. The van der Waals surface area contributed by atoms with E-state index < -0.39 is 4.92 Å². The van der Waals surface area contributed by atoms with E-state index in [-0.39, 0.29) is 28.6 Å². The average Bonchev–Trinajstić information content (AvgIpc) is 2.17. The fourth-order valence-corrected chi connectivity index (χ4v) is 1.11. The van der Waals surface area contributed by atoms with Gasteiger partial charge in [0.15, 0.2) is 5.78 Å². The summed E-state index contributed by atoms with van der Waals surface area (Å²) >= 11 is 5.31. The highest BCUT2D eigenvalue weighted by molar-refractivity contribution is 6.30. The third kappa shape index (κ3) is 2.00. The fourth-order valence-electron chi connectivity index (χ4n) is 0.952. The molecule has 14 heavy (non-hydrogen) atoms. The number of nitro benzene ring substituents is 1. The summed E-state index contributed by atoms with van der Waals surface area (Å²) in [6.45, 7) is 0. The van der Waals surface area contributed by atoms with Crippen molar-refractivity contribution >= 4 is 28.8 Å². The maximum Gasteiger partial charge on any atom is 0.292 e. The molecule has 6 heteroatoms. The average molecular weight is 215 g/mol. The minimum absolute atomic E-state index is 0.0288. The van der Waals surface area contributed by atoms with Gasteiger partial charge in [0.25, 0.3) is 5.69 Å². The number of hydrogen-bond acceptors (Lipinski definition) is 4. The molecule has 0 aliphatic rings. The van der Waals surface area contributed by atoms with Gasteiger partial charge < -0.3 is 5.73 Å². The summed E-state index contributed by atoms with van der Waals surface area (Å²) in [6.07, 6.45) is 0. The van der Waals surface area contributed by atoms with Gasteiger partial charge in [0, 0.05) is 11.6 Å². The first-order valence-electron chi connectivity index (χ1n) is 3.69. The number of nitrogens with zero attached hydrogens (tertiary/aromatic N) is 1. The van der Waals surface area contributed by atoms with E-state index in [0.29, 0.717) is 0 Å². The van der Waals surface area contributed by atoms with Crippen LogP contribution in [0.3, 0.4) is 0 Å². The highest BCUT2D eigenvalue weighted by Gasteiger charge is 2.14. The van der Waals surface area contributed by atoms with E-state index in [4.69, 9.17) is 17.3 Å². The van der Waals surface area contributed by atoms with E-state index in [9.17, 15) is 14.9 Å². The summed E-state index contributed by atoms with van der Waals surface area (Å²) in [4.78, 5) is 20.9. The quantitative estimate of drug-likeness (QED) is 0.272. The molecular formula is C8H7ClN2O3. The van der Waals surface area contributed by atoms with Crippen molar-refractivity contribution in [2.75, 3.05) is 11.6 Å². The molecule has 0 spiro atoms. The number of benzene rings is 1. The smallest absolute Gasteiger partial charge is 0.292 e. The highest BCUT2D eigenvalue weighted by Crippen LogP contribution is 2.22. The number of carbonyl (C=O) groups is 1. The fraction of sp³-hybridized carbons (Fsp3) is 0.125. The third-order valence-corrected chi connectivity index (χ3v) is 1.91. The Morgan fingerprint density at radius 3 is 2.71 bits per heavy atom. The minimum atomic E-state index is -0.639. The summed E-state index contributed by atoms with van der Waals surface area (Å²) in [5.74, 6) is -0.573. The van der Waals surface area contributed by atoms with E-state index in [1.165, 1.54) is 12.1 Å². The predicted octanol–water partition coefficient (Wildman–Crippen LogP) is 1.60. The van der Waals surface area contributed by atoms with Crippen molar-refractivity contribution < 1.29 is 9.72 Å². The lowest BCUT2D eigenvalue weighted by Gasteiger charge is -1.99. The minimum Gasteiger partial charge on any atom is -0.393 e. The molecule has 0 amide bonds. The van der Waals surface area contributed by atoms with Crippen molar-refractivity contribution in [2.45, 2.75) is 0 Å². The van der Waals surface area contributed by atoms with Crippen molar-refractivity contribution in [1.82, 2.24) is 0 Å². The topological polar surface area (TPSA) is 86.2 Å². The van der Waals surface area contributed by atoms with E-state index in [2.05, 4.69) is 0 Å². The summed E-state index contributed by atoms with van der Waals surface area (Å²) in [7, 11) is 0. The first-order valence-corrected chi connectivity index (χ1v) is 4.22. The summed E-state index contributed by atoms with van der Waals surface area (Å²) < 4.78 is 0. The number of Topliss-reactive ketones (excluding diaryl/α,β-unsaturated/α-hetero) is 1. The first-order chi connectivity index (χ1) is 6.56. The molecule has 0 atom stereocenters. The zero-order chi connectivity index (χ0) is 10.7. The molecule has 0 aliphatic carbocycles. The number of hydrogen-bond donors (Lipinski definition) is 1. The van der Waals surface area contributed by atoms with Crippen LogP contribution in [0.15, 0.2) is 18.2 Å². The number of nitrogens with two attached hydrogens (primary N) is 1. The third-order valence-electron chi connectivity index (χ3n) is 1.67. The van der Waals surface area contributed by atoms with Gasteiger partial charge >= 0.3 is 0 Å². The Morgan fingerprint density at radius 2 is 2.21 bits per heavy atom. The normalized spacial score (nSPS) is 9.79. The zero-order valence-corrected chi connectivity index (χ0v) is 7.82. The first kappa shape index (κ1) is 10.5. The molecule has 0 saturated heterocycles. The number of alkyl halides is 1. The molecule has 2 N–H and O–H groups in total.